The molecule has 5 nitrogen and oxygen atoms in total. The van der Waals surface area contributed by atoms with Gasteiger partial charge in [-0.15, -0.1) is 0 Å². The molecule has 2 atom stereocenters. The van der Waals surface area contributed by atoms with Gasteiger partial charge in [-0.1, -0.05) is 52.3 Å². The van der Waals surface area contributed by atoms with Crippen molar-refractivity contribution in [1.29, 1.82) is 0 Å². The molecule has 1 aromatic heterocycles. The molecular formula is C30H35BrN4O. The van der Waals surface area contributed by atoms with Crippen LogP contribution in [0.3, 0.4) is 0 Å². The molecule has 188 valence electrons. The Labute approximate surface area is 222 Å². The number of halogens is 1. The van der Waals surface area contributed by atoms with Crippen molar-refractivity contribution in [1.82, 2.24) is 19.4 Å². The van der Waals surface area contributed by atoms with Crippen molar-refractivity contribution >= 4 is 21.8 Å². The van der Waals surface area contributed by atoms with Crippen LogP contribution in [-0.4, -0.2) is 57.5 Å². The fraction of sp³-hybridized carbons (Fsp3) is 0.467. The average Bonchev–Trinajstić information content (AvgIpc) is 3.66. The first-order valence-electron chi connectivity index (χ1n) is 13.5. The number of rotatable bonds is 6. The number of amides is 1. The highest BCUT2D eigenvalue weighted by Crippen LogP contribution is 2.49. The van der Waals surface area contributed by atoms with Crippen molar-refractivity contribution in [3.8, 4) is 11.4 Å². The van der Waals surface area contributed by atoms with Crippen LogP contribution in [0.15, 0.2) is 65.4 Å². The number of carbonyl (C=O) groups is 1. The highest BCUT2D eigenvalue weighted by atomic mass is 79.9. The van der Waals surface area contributed by atoms with Crippen LogP contribution < -0.4 is 0 Å². The first-order chi connectivity index (χ1) is 17.6. The standard InChI is InChI=1S/C30H35BrN4O/c1-22(33-17-4-5-18-33)23-13-19-34(20-14-23)28(36)12-15-30(24-8-10-25(31)11-9-24)27-7-3-2-6-26(27)29-32-16-21-35(29)30/h2-3,6-11,16,21-23H,4-5,12-15,17-20H2,1H3. The molecule has 4 heterocycles. The van der Waals surface area contributed by atoms with E-state index in [0.717, 1.165) is 48.2 Å². The summed E-state index contributed by atoms with van der Waals surface area (Å²) in [6.07, 6.45) is 10.1. The minimum atomic E-state index is -0.429. The Morgan fingerprint density at radius 2 is 1.78 bits per heavy atom. The molecule has 36 heavy (non-hydrogen) atoms. The molecule has 2 aromatic carbocycles. The topological polar surface area (TPSA) is 41.4 Å². The van der Waals surface area contributed by atoms with Crippen LogP contribution >= 0.6 is 15.9 Å². The molecule has 6 rings (SSSR count). The van der Waals surface area contributed by atoms with Gasteiger partial charge in [0, 0.05) is 48.0 Å². The minimum absolute atomic E-state index is 0.282. The summed E-state index contributed by atoms with van der Waals surface area (Å²) in [5.74, 6) is 1.97. The first kappa shape index (κ1) is 23.9. The Hall–Kier alpha value is -2.44. The Kier molecular flexibility index (Phi) is 6.51. The molecule has 0 spiro atoms. The maximum Gasteiger partial charge on any atom is 0.222 e. The van der Waals surface area contributed by atoms with Crippen LogP contribution in [0, 0.1) is 5.92 Å². The molecule has 0 radical (unpaired) electrons. The smallest absolute Gasteiger partial charge is 0.222 e. The largest absolute Gasteiger partial charge is 0.343 e. The molecule has 0 N–H and O–H groups in total. The van der Waals surface area contributed by atoms with Crippen molar-refractivity contribution in [3.05, 3.63) is 76.5 Å². The molecule has 2 saturated heterocycles. The van der Waals surface area contributed by atoms with Crippen molar-refractivity contribution in [2.45, 2.75) is 57.0 Å². The van der Waals surface area contributed by atoms with Gasteiger partial charge in [-0.05, 0) is 81.3 Å². The maximum atomic E-state index is 13.6. The molecular weight excluding hydrogens is 512 g/mol. The third-order valence-electron chi connectivity index (χ3n) is 8.98. The molecule has 3 aliphatic rings. The number of likely N-dealkylation sites (tertiary alicyclic amines) is 2. The second kappa shape index (κ2) is 9.79. The van der Waals surface area contributed by atoms with E-state index in [0.29, 0.717) is 18.4 Å². The number of benzene rings is 2. The molecule has 0 aliphatic carbocycles. The predicted molar refractivity (Wildman–Crippen MR) is 147 cm³/mol. The number of imidazole rings is 1. The van der Waals surface area contributed by atoms with E-state index in [9.17, 15) is 4.79 Å². The zero-order valence-electron chi connectivity index (χ0n) is 21.1. The fourth-order valence-electron chi connectivity index (χ4n) is 6.92. The third kappa shape index (κ3) is 4.03. The van der Waals surface area contributed by atoms with E-state index >= 15 is 0 Å². The first-order valence-corrected chi connectivity index (χ1v) is 14.3. The molecule has 3 aliphatic heterocycles. The summed E-state index contributed by atoms with van der Waals surface area (Å²) >= 11 is 3.60. The van der Waals surface area contributed by atoms with Gasteiger partial charge in [-0.25, -0.2) is 4.98 Å². The summed E-state index contributed by atoms with van der Waals surface area (Å²) in [5, 5.41) is 0. The van der Waals surface area contributed by atoms with E-state index in [-0.39, 0.29) is 5.91 Å². The van der Waals surface area contributed by atoms with Crippen LogP contribution in [0.5, 0.6) is 0 Å². The number of fused-ring (bicyclic) bond motifs is 3. The van der Waals surface area contributed by atoms with Crippen LogP contribution in [0.2, 0.25) is 0 Å². The molecule has 2 fully saturated rings. The predicted octanol–water partition coefficient (Wildman–Crippen LogP) is 5.92. The van der Waals surface area contributed by atoms with Crippen LogP contribution in [0.1, 0.15) is 56.6 Å². The van der Waals surface area contributed by atoms with Crippen molar-refractivity contribution in [2.75, 3.05) is 26.2 Å². The number of nitrogens with zero attached hydrogens (tertiary/aromatic N) is 4. The highest BCUT2D eigenvalue weighted by Gasteiger charge is 2.45. The van der Waals surface area contributed by atoms with Gasteiger partial charge in [0.2, 0.25) is 5.91 Å². The average molecular weight is 548 g/mol. The van der Waals surface area contributed by atoms with E-state index in [1.165, 1.54) is 37.1 Å². The monoisotopic (exact) mass is 546 g/mol. The second-order valence-corrected chi connectivity index (χ2v) is 11.7. The molecule has 3 aromatic rings. The number of hydrogen-bond donors (Lipinski definition) is 0. The minimum Gasteiger partial charge on any atom is -0.343 e. The van der Waals surface area contributed by atoms with E-state index < -0.39 is 5.54 Å². The van der Waals surface area contributed by atoms with E-state index in [1.54, 1.807) is 0 Å². The Balaban J connectivity index is 1.22. The molecule has 1 amide bonds. The molecule has 0 bridgehead atoms. The van der Waals surface area contributed by atoms with Gasteiger partial charge in [0.05, 0.1) is 5.54 Å². The molecule has 0 saturated carbocycles. The zero-order chi connectivity index (χ0) is 24.7. The van der Waals surface area contributed by atoms with Gasteiger partial charge in [0.15, 0.2) is 0 Å². The summed E-state index contributed by atoms with van der Waals surface area (Å²) < 4.78 is 3.35. The summed E-state index contributed by atoms with van der Waals surface area (Å²) in [5.41, 5.74) is 3.17. The summed E-state index contributed by atoms with van der Waals surface area (Å²) in [6.45, 7) is 6.67. The van der Waals surface area contributed by atoms with Gasteiger partial charge in [-0.3, -0.25) is 4.79 Å². The number of aromatic nitrogens is 2. The summed E-state index contributed by atoms with van der Waals surface area (Å²) in [6, 6.07) is 17.8. The number of piperidine rings is 1. The van der Waals surface area contributed by atoms with E-state index in [2.05, 4.69) is 91.9 Å². The lowest BCUT2D eigenvalue weighted by molar-refractivity contribution is -0.133. The quantitative estimate of drug-likeness (QED) is 0.385. The van der Waals surface area contributed by atoms with Gasteiger partial charge in [-0.2, -0.15) is 0 Å². The number of carbonyl (C=O) groups excluding carboxylic acids is 1. The number of hydrogen-bond acceptors (Lipinski definition) is 3. The van der Waals surface area contributed by atoms with Crippen LogP contribution in [0.4, 0.5) is 0 Å². The van der Waals surface area contributed by atoms with Crippen LogP contribution in [-0.2, 0) is 10.3 Å². The Bertz CT molecular complexity index is 1220. The van der Waals surface area contributed by atoms with E-state index in [4.69, 9.17) is 4.98 Å². The lowest BCUT2D eigenvalue weighted by atomic mass is 9.79. The summed E-state index contributed by atoms with van der Waals surface area (Å²) in [7, 11) is 0. The van der Waals surface area contributed by atoms with Gasteiger partial charge in [0.1, 0.15) is 5.82 Å². The van der Waals surface area contributed by atoms with Gasteiger partial charge < -0.3 is 14.4 Å². The normalized spacial score (nSPS) is 23.0. The molecule has 6 heteroatoms. The lowest BCUT2D eigenvalue weighted by Crippen LogP contribution is -2.45. The van der Waals surface area contributed by atoms with Gasteiger partial charge in [0.25, 0.3) is 0 Å². The molecule has 2 unspecified atom stereocenters. The van der Waals surface area contributed by atoms with E-state index in [1.807, 2.05) is 6.20 Å². The van der Waals surface area contributed by atoms with Crippen molar-refractivity contribution in [2.24, 2.45) is 5.92 Å². The van der Waals surface area contributed by atoms with Crippen LogP contribution in [0.25, 0.3) is 11.4 Å². The second-order valence-electron chi connectivity index (χ2n) is 10.7. The Morgan fingerprint density at radius 1 is 1.06 bits per heavy atom. The Morgan fingerprint density at radius 3 is 2.53 bits per heavy atom. The fourth-order valence-corrected chi connectivity index (χ4v) is 7.19. The lowest BCUT2D eigenvalue weighted by Gasteiger charge is -2.39. The highest BCUT2D eigenvalue weighted by molar-refractivity contribution is 9.10. The van der Waals surface area contributed by atoms with Crippen molar-refractivity contribution < 1.29 is 4.79 Å². The van der Waals surface area contributed by atoms with Gasteiger partial charge >= 0.3 is 0 Å². The maximum absolute atomic E-state index is 13.6. The zero-order valence-corrected chi connectivity index (χ0v) is 22.7. The van der Waals surface area contributed by atoms with Crippen molar-refractivity contribution in [3.63, 3.8) is 0 Å². The summed E-state index contributed by atoms with van der Waals surface area (Å²) in [4.78, 5) is 23.0. The SMILES string of the molecule is CC(C1CCN(C(=O)CCC2(c3ccc(Br)cc3)c3ccccc3-c3nccn32)CC1)N1CCCC1. The third-order valence-corrected chi connectivity index (χ3v) is 9.51.